The summed E-state index contributed by atoms with van der Waals surface area (Å²) < 4.78 is 25.8. The fourth-order valence-corrected chi connectivity index (χ4v) is 3.01. The van der Waals surface area contributed by atoms with Gasteiger partial charge < -0.3 is 5.32 Å². The van der Waals surface area contributed by atoms with Crippen molar-refractivity contribution in [3.63, 3.8) is 0 Å². The van der Waals surface area contributed by atoms with E-state index in [1.54, 1.807) is 13.0 Å². The van der Waals surface area contributed by atoms with Gasteiger partial charge in [-0.05, 0) is 12.1 Å². The zero-order valence-corrected chi connectivity index (χ0v) is 12.3. The molecule has 0 saturated heterocycles. The Hall–Kier alpha value is -1.98. The van der Waals surface area contributed by atoms with Gasteiger partial charge in [0.25, 0.3) is 0 Å². The van der Waals surface area contributed by atoms with Gasteiger partial charge in [0.05, 0.1) is 0 Å². The van der Waals surface area contributed by atoms with Crippen molar-refractivity contribution in [3.05, 3.63) is 24.0 Å². The Bertz CT molecular complexity index is 636. The summed E-state index contributed by atoms with van der Waals surface area (Å²) >= 11 is 0. The Morgan fingerprint density at radius 2 is 2.25 bits per heavy atom. The molecule has 0 bridgehead atoms. The Balaban J connectivity index is 3.05. The molecular weight excluding hydrogens is 280 g/mol. The van der Waals surface area contributed by atoms with Gasteiger partial charge in [-0.2, -0.15) is 5.26 Å². The van der Waals surface area contributed by atoms with Crippen LogP contribution in [0.3, 0.4) is 0 Å². The molecule has 1 rings (SSSR count). The number of hydrogen-bond acceptors (Lipinski definition) is 5. The molecule has 0 fully saturated rings. The second kappa shape index (κ2) is 6.45. The van der Waals surface area contributed by atoms with E-state index in [4.69, 9.17) is 5.26 Å². The van der Waals surface area contributed by atoms with Gasteiger partial charge in [-0.3, -0.25) is 4.79 Å². The summed E-state index contributed by atoms with van der Waals surface area (Å²) in [6.45, 7) is 1.64. The molecule has 1 aromatic rings. The Morgan fingerprint density at radius 1 is 1.60 bits per heavy atom. The van der Waals surface area contributed by atoms with Crippen molar-refractivity contribution in [2.45, 2.75) is 11.8 Å². The number of nitrogens with one attached hydrogen (secondary N) is 1. The minimum absolute atomic E-state index is 0.0156. The molecule has 1 atom stereocenters. The third-order valence-corrected chi connectivity index (χ3v) is 4.64. The summed E-state index contributed by atoms with van der Waals surface area (Å²) in [5, 5.41) is 11.4. The van der Waals surface area contributed by atoms with Crippen LogP contribution >= 0.6 is 0 Å². The van der Waals surface area contributed by atoms with Gasteiger partial charge >= 0.3 is 0 Å². The number of carbonyl (C=O) groups excluding carboxylic acids is 1. The van der Waals surface area contributed by atoms with E-state index in [1.807, 2.05) is 0 Å². The topological polar surface area (TPSA) is 103 Å². The lowest BCUT2D eigenvalue weighted by Gasteiger charge is -2.20. The van der Waals surface area contributed by atoms with Crippen LogP contribution in [0, 0.1) is 17.2 Å². The predicted molar refractivity (Wildman–Crippen MR) is 72.0 cm³/mol. The largest absolute Gasteiger partial charge is 0.359 e. The van der Waals surface area contributed by atoms with Crippen LogP contribution in [0.25, 0.3) is 0 Å². The maximum atomic E-state index is 12.4. The zero-order valence-electron chi connectivity index (χ0n) is 11.5. The average molecular weight is 296 g/mol. The number of pyridine rings is 1. The molecule has 1 N–H and O–H groups in total. The van der Waals surface area contributed by atoms with Crippen molar-refractivity contribution in [2.24, 2.45) is 5.92 Å². The fraction of sp³-hybridized carbons (Fsp3) is 0.417. The van der Waals surface area contributed by atoms with Crippen molar-refractivity contribution in [3.8, 4) is 6.07 Å². The summed E-state index contributed by atoms with van der Waals surface area (Å²) in [5.74, 6) is -0.749. The number of nitrogens with zero attached hydrogens (tertiary/aromatic N) is 3. The van der Waals surface area contributed by atoms with Crippen molar-refractivity contribution < 1.29 is 13.2 Å². The van der Waals surface area contributed by atoms with Gasteiger partial charge in [-0.1, -0.05) is 6.92 Å². The number of hydrogen-bond donors (Lipinski definition) is 1. The van der Waals surface area contributed by atoms with E-state index >= 15 is 0 Å². The highest BCUT2D eigenvalue weighted by molar-refractivity contribution is 7.89. The first kappa shape index (κ1) is 16.1. The van der Waals surface area contributed by atoms with Gasteiger partial charge in [-0.25, -0.2) is 17.7 Å². The SMILES string of the molecule is CNC(=O)C(C)CN(C)S(=O)(=O)c1cccnc1C#N. The fourth-order valence-electron chi connectivity index (χ4n) is 1.66. The minimum Gasteiger partial charge on any atom is -0.359 e. The highest BCUT2D eigenvalue weighted by Gasteiger charge is 2.27. The number of sulfonamides is 1. The molecule has 108 valence electrons. The van der Waals surface area contributed by atoms with Crippen LogP contribution in [0.2, 0.25) is 0 Å². The molecule has 7 nitrogen and oxygen atoms in total. The van der Waals surface area contributed by atoms with Crippen LogP contribution < -0.4 is 5.32 Å². The third-order valence-electron chi connectivity index (χ3n) is 2.79. The first-order valence-electron chi connectivity index (χ1n) is 5.87. The Labute approximate surface area is 118 Å². The smallest absolute Gasteiger partial charge is 0.245 e. The number of amides is 1. The highest BCUT2D eigenvalue weighted by Crippen LogP contribution is 2.17. The summed E-state index contributed by atoms with van der Waals surface area (Å²) in [6.07, 6.45) is 1.35. The molecule has 20 heavy (non-hydrogen) atoms. The Kier molecular flexibility index (Phi) is 5.19. The summed E-state index contributed by atoms with van der Waals surface area (Å²) in [7, 11) is -0.998. The molecule has 0 radical (unpaired) electrons. The Morgan fingerprint density at radius 3 is 2.80 bits per heavy atom. The predicted octanol–water partition coefficient (Wildman–Crippen LogP) is -0.0441. The van der Waals surface area contributed by atoms with Gasteiger partial charge in [0, 0.05) is 32.8 Å². The van der Waals surface area contributed by atoms with Crippen molar-refractivity contribution >= 4 is 15.9 Å². The normalized spacial score (nSPS) is 12.8. The number of nitriles is 1. The van der Waals surface area contributed by atoms with E-state index in [9.17, 15) is 13.2 Å². The first-order valence-corrected chi connectivity index (χ1v) is 7.31. The third kappa shape index (κ3) is 3.31. The van der Waals surface area contributed by atoms with E-state index in [0.29, 0.717) is 0 Å². The minimum atomic E-state index is -3.85. The van der Waals surface area contributed by atoms with Crippen LogP contribution in [0.4, 0.5) is 0 Å². The molecule has 0 saturated carbocycles. The molecule has 8 heteroatoms. The van der Waals surface area contributed by atoms with Gasteiger partial charge in [-0.15, -0.1) is 0 Å². The first-order chi connectivity index (χ1) is 9.34. The molecule has 1 unspecified atom stereocenters. The van der Waals surface area contributed by atoms with E-state index in [-0.39, 0.29) is 23.0 Å². The molecular formula is C12H16N4O3S. The van der Waals surface area contributed by atoms with E-state index in [1.165, 1.54) is 32.4 Å². The summed E-state index contributed by atoms with van der Waals surface area (Å²) in [5.41, 5.74) is -0.160. The molecule has 1 amide bonds. The van der Waals surface area contributed by atoms with E-state index in [2.05, 4.69) is 10.3 Å². The van der Waals surface area contributed by atoms with Gasteiger partial charge in [0.15, 0.2) is 5.69 Å². The van der Waals surface area contributed by atoms with Gasteiger partial charge in [0.1, 0.15) is 11.0 Å². The molecule has 0 aliphatic carbocycles. The van der Waals surface area contributed by atoms with Crippen molar-refractivity contribution in [2.75, 3.05) is 20.6 Å². The van der Waals surface area contributed by atoms with E-state index in [0.717, 1.165) is 4.31 Å². The number of aromatic nitrogens is 1. The molecule has 1 heterocycles. The molecule has 0 spiro atoms. The maximum absolute atomic E-state index is 12.4. The second-order valence-electron chi connectivity index (χ2n) is 4.26. The standard InChI is InChI=1S/C12H16N4O3S/c1-9(12(17)14-2)8-16(3)20(18,19)11-5-4-6-15-10(11)7-13/h4-6,9H,8H2,1-3H3,(H,14,17). The van der Waals surface area contributed by atoms with Crippen LogP contribution in [0.1, 0.15) is 12.6 Å². The lowest BCUT2D eigenvalue weighted by Crippen LogP contribution is -2.37. The molecule has 0 aromatic carbocycles. The quantitative estimate of drug-likeness (QED) is 0.821. The highest BCUT2D eigenvalue weighted by atomic mass is 32.2. The average Bonchev–Trinajstić information content (AvgIpc) is 2.45. The summed E-state index contributed by atoms with van der Waals surface area (Å²) in [6, 6.07) is 4.52. The van der Waals surface area contributed by atoms with Crippen molar-refractivity contribution in [1.82, 2.24) is 14.6 Å². The lowest BCUT2D eigenvalue weighted by molar-refractivity contribution is -0.124. The molecule has 0 aliphatic heterocycles. The molecule has 0 aliphatic rings. The number of carbonyl (C=O) groups is 1. The van der Waals surface area contributed by atoms with Gasteiger partial charge in [0.2, 0.25) is 15.9 Å². The molecule has 1 aromatic heterocycles. The maximum Gasteiger partial charge on any atom is 0.245 e. The summed E-state index contributed by atoms with van der Waals surface area (Å²) in [4.78, 5) is 15.0. The van der Waals surface area contributed by atoms with Crippen LogP contribution in [-0.2, 0) is 14.8 Å². The number of rotatable bonds is 5. The van der Waals surface area contributed by atoms with Crippen LogP contribution in [0.15, 0.2) is 23.2 Å². The van der Waals surface area contributed by atoms with Crippen LogP contribution in [-0.4, -0.2) is 44.3 Å². The lowest BCUT2D eigenvalue weighted by atomic mass is 10.2. The van der Waals surface area contributed by atoms with Crippen molar-refractivity contribution in [1.29, 1.82) is 5.26 Å². The second-order valence-corrected chi connectivity index (χ2v) is 6.28. The monoisotopic (exact) mass is 296 g/mol. The van der Waals surface area contributed by atoms with Crippen LogP contribution in [0.5, 0.6) is 0 Å². The zero-order chi connectivity index (χ0) is 15.3. The van der Waals surface area contributed by atoms with E-state index < -0.39 is 15.9 Å².